The minimum absolute atomic E-state index is 0.00174. The molecule has 2 aromatic carbocycles. The second-order valence-corrected chi connectivity index (χ2v) is 8.73. The van der Waals surface area contributed by atoms with Crippen LogP contribution in [0.3, 0.4) is 0 Å². The van der Waals surface area contributed by atoms with Gasteiger partial charge in [0.2, 0.25) is 0 Å². The van der Waals surface area contributed by atoms with Gasteiger partial charge in [0.05, 0.1) is 23.0 Å². The Morgan fingerprint density at radius 1 is 0.939 bits per heavy atom. The Balaban J connectivity index is 1.47. The molecule has 0 N–H and O–H groups in total. The summed E-state index contributed by atoms with van der Waals surface area (Å²) >= 11 is 1.30. The van der Waals surface area contributed by atoms with E-state index in [1.54, 1.807) is 36.7 Å². The van der Waals surface area contributed by atoms with Crippen LogP contribution in [-0.4, -0.2) is 27.8 Å². The molecule has 0 saturated heterocycles. The monoisotopic (exact) mass is 464 g/mol. The molecule has 5 nitrogen and oxygen atoms in total. The summed E-state index contributed by atoms with van der Waals surface area (Å²) < 4.78 is 26.2. The zero-order chi connectivity index (χ0) is 23.4. The normalized spacial score (nSPS) is 10.9. The van der Waals surface area contributed by atoms with Gasteiger partial charge >= 0.3 is 0 Å². The van der Waals surface area contributed by atoms with Crippen molar-refractivity contribution in [3.05, 3.63) is 94.3 Å². The van der Waals surface area contributed by atoms with Crippen LogP contribution in [0, 0.1) is 18.6 Å². The van der Waals surface area contributed by atoms with Crippen molar-refractivity contribution in [1.29, 1.82) is 0 Å². The fraction of sp³-hybridized carbons (Fsp3) is 0.200. The molecule has 0 saturated carbocycles. The van der Waals surface area contributed by atoms with Crippen molar-refractivity contribution in [1.82, 2.24) is 15.0 Å². The summed E-state index contributed by atoms with van der Waals surface area (Å²) in [6.45, 7) is 2.35. The number of Topliss-reactive ketones (excluding diaryl/α,β-unsaturated/α-hetero) is 1. The van der Waals surface area contributed by atoms with E-state index < -0.39 is 0 Å². The number of anilines is 1. The van der Waals surface area contributed by atoms with Crippen molar-refractivity contribution >= 4 is 22.9 Å². The number of carbonyl (C=O) groups excluding carboxylic acids is 1. The number of halogens is 2. The number of hydrogen-bond donors (Lipinski definition) is 0. The third-order valence-electron chi connectivity index (χ3n) is 5.17. The van der Waals surface area contributed by atoms with Gasteiger partial charge in [-0.1, -0.05) is 24.3 Å². The molecular weight excluding hydrogens is 442 g/mol. The van der Waals surface area contributed by atoms with Gasteiger partial charge in [-0.2, -0.15) is 0 Å². The lowest BCUT2D eigenvalue weighted by Gasteiger charge is -2.18. The van der Waals surface area contributed by atoms with E-state index in [0.29, 0.717) is 46.5 Å². The third kappa shape index (κ3) is 5.64. The fourth-order valence-electron chi connectivity index (χ4n) is 3.37. The molecule has 0 atom stereocenters. The van der Waals surface area contributed by atoms with E-state index in [1.165, 1.54) is 35.6 Å². The summed E-state index contributed by atoms with van der Waals surface area (Å²) in [6, 6.07) is 12.5. The van der Waals surface area contributed by atoms with Gasteiger partial charge in [0.25, 0.3) is 0 Å². The Labute approximate surface area is 194 Å². The van der Waals surface area contributed by atoms with Crippen LogP contribution >= 0.6 is 11.3 Å². The highest BCUT2D eigenvalue weighted by Gasteiger charge is 2.18. The van der Waals surface area contributed by atoms with Crippen LogP contribution in [0.1, 0.15) is 32.9 Å². The topological polar surface area (TPSA) is 59.0 Å². The lowest BCUT2D eigenvalue weighted by atomic mass is 10.1. The smallest absolute Gasteiger partial charge is 0.175 e. The number of nitrogens with zero attached hydrogens (tertiary/aromatic N) is 4. The first-order chi connectivity index (χ1) is 15.9. The summed E-state index contributed by atoms with van der Waals surface area (Å²) in [7, 11) is 1.88. The average molecular weight is 465 g/mol. The first-order valence-corrected chi connectivity index (χ1v) is 11.2. The fourth-order valence-corrected chi connectivity index (χ4v) is 4.36. The number of benzene rings is 2. The maximum atomic E-state index is 13.1. The Bertz CT molecular complexity index is 1260. The molecule has 0 amide bonds. The third-order valence-corrected chi connectivity index (χ3v) is 6.39. The molecule has 0 radical (unpaired) electrons. The van der Waals surface area contributed by atoms with Gasteiger partial charge in [0.1, 0.15) is 28.2 Å². The average Bonchev–Trinajstić information content (AvgIpc) is 3.22. The summed E-state index contributed by atoms with van der Waals surface area (Å²) in [6.07, 6.45) is 4.14. The standard InChI is InChI=1S/C25H22F2N4OS/c1-16-24(22(32)12-7-17-3-8-19(26)9-4-17)33-25(29-16)21-13-28-14-23(30-21)31(2)15-18-5-10-20(27)11-6-18/h3-6,8-11,13-14H,7,12,15H2,1-2H3. The van der Waals surface area contributed by atoms with Gasteiger partial charge in [-0.15, -0.1) is 11.3 Å². The van der Waals surface area contributed by atoms with Crippen molar-refractivity contribution in [2.24, 2.45) is 0 Å². The van der Waals surface area contributed by atoms with Crippen LogP contribution in [0.15, 0.2) is 60.9 Å². The first kappa shape index (κ1) is 22.7. The Morgan fingerprint density at radius 2 is 1.58 bits per heavy atom. The Hall–Kier alpha value is -3.52. The lowest BCUT2D eigenvalue weighted by Crippen LogP contribution is -2.18. The van der Waals surface area contributed by atoms with Crippen LogP contribution in [0.5, 0.6) is 0 Å². The highest BCUT2D eigenvalue weighted by Crippen LogP contribution is 2.29. The van der Waals surface area contributed by atoms with E-state index in [0.717, 1.165) is 11.1 Å². The molecule has 0 aliphatic rings. The molecule has 168 valence electrons. The number of thiazole rings is 1. The van der Waals surface area contributed by atoms with E-state index in [1.807, 2.05) is 18.9 Å². The molecule has 0 fully saturated rings. The summed E-state index contributed by atoms with van der Waals surface area (Å²) in [5, 5.41) is 0.627. The van der Waals surface area contributed by atoms with Gasteiger partial charge < -0.3 is 4.90 Å². The van der Waals surface area contributed by atoms with Gasteiger partial charge in [0.15, 0.2) is 5.78 Å². The second kappa shape index (κ2) is 9.95. The SMILES string of the molecule is Cc1nc(-c2cncc(N(C)Cc3ccc(F)cc3)n2)sc1C(=O)CCc1ccc(F)cc1. The number of aromatic nitrogens is 3. The van der Waals surface area contributed by atoms with E-state index >= 15 is 0 Å². The molecule has 0 aliphatic carbocycles. The van der Waals surface area contributed by atoms with Gasteiger partial charge in [-0.3, -0.25) is 9.78 Å². The van der Waals surface area contributed by atoms with Crippen molar-refractivity contribution in [3.63, 3.8) is 0 Å². The summed E-state index contributed by atoms with van der Waals surface area (Å²) in [5.41, 5.74) is 3.11. The number of hydrogen-bond acceptors (Lipinski definition) is 6. The molecule has 8 heteroatoms. The van der Waals surface area contributed by atoms with E-state index in [4.69, 9.17) is 0 Å². The number of ketones is 1. The van der Waals surface area contributed by atoms with Gasteiger partial charge in [0, 0.05) is 20.0 Å². The lowest BCUT2D eigenvalue weighted by molar-refractivity contribution is 0.0986. The van der Waals surface area contributed by atoms with Crippen LogP contribution in [0.2, 0.25) is 0 Å². The number of aryl methyl sites for hydroxylation is 2. The molecule has 0 unspecified atom stereocenters. The largest absolute Gasteiger partial charge is 0.354 e. The van der Waals surface area contributed by atoms with Crippen molar-refractivity contribution in [2.45, 2.75) is 26.3 Å². The number of carbonyl (C=O) groups is 1. The Morgan fingerprint density at radius 3 is 2.24 bits per heavy atom. The van der Waals surface area contributed by atoms with Crippen molar-refractivity contribution < 1.29 is 13.6 Å². The summed E-state index contributed by atoms with van der Waals surface area (Å²) in [4.78, 5) is 28.8. The minimum atomic E-state index is -0.292. The molecule has 2 heterocycles. The zero-order valence-corrected chi connectivity index (χ0v) is 19.1. The minimum Gasteiger partial charge on any atom is -0.354 e. The van der Waals surface area contributed by atoms with Crippen LogP contribution in [-0.2, 0) is 13.0 Å². The quantitative estimate of drug-likeness (QED) is 0.316. The maximum Gasteiger partial charge on any atom is 0.175 e. The highest BCUT2D eigenvalue weighted by atomic mass is 32.1. The van der Waals surface area contributed by atoms with Crippen LogP contribution < -0.4 is 4.90 Å². The van der Waals surface area contributed by atoms with Crippen molar-refractivity contribution in [2.75, 3.05) is 11.9 Å². The molecule has 33 heavy (non-hydrogen) atoms. The van der Waals surface area contributed by atoms with Crippen LogP contribution in [0.4, 0.5) is 14.6 Å². The zero-order valence-electron chi connectivity index (χ0n) is 18.3. The molecule has 0 spiro atoms. The molecule has 4 rings (SSSR count). The van der Waals surface area contributed by atoms with Crippen LogP contribution in [0.25, 0.3) is 10.7 Å². The first-order valence-electron chi connectivity index (χ1n) is 10.4. The second-order valence-electron chi connectivity index (χ2n) is 7.73. The molecule has 4 aromatic rings. The molecule has 0 aliphatic heterocycles. The molecular formula is C25H22F2N4OS. The van der Waals surface area contributed by atoms with Gasteiger partial charge in [-0.05, 0) is 48.7 Å². The van der Waals surface area contributed by atoms with E-state index in [2.05, 4.69) is 15.0 Å². The van der Waals surface area contributed by atoms with Crippen molar-refractivity contribution in [3.8, 4) is 10.7 Å². The predicted octanol–water partition coefficient (Wildman–Crippen LogP) is 5.64. The number of rotatable bonds is 8. The molecule has 2 aromatic heterocycles. The van der Waals surface area contributed by atoms with E-state index in [9.17, 15) is 13.6 Å². The van der Waals surface area contributed by atoms with E-state index in [-0.39, 0.29) is 17.4 Å². The predicted molar refractivity (Wildman–Crippen MR) is 125 cm³/mol. The Kier molecular flexibility index (Phi) is 6.84. The highest BCUT2D eigenvalue weighted by molar-refractivity contribution is 7.17. The maximum absolute atomic E-state index is 13.1. The summed E-state index contributed by atoms with van der Waals surface area (Å²) in [5.74, 6) is 0.0806. The van der Waals surface area contributed by atoms with Gasteiger partial charge in [-0.25, -0.2) is 18.7 Å². The molecule has 0 bridgehead atoms.